The number of allylic oxidation sites excluding steroid dienone is 1. The van der Waals surface area contributed by atoms with Crippen molar-refractivity contribution in [3.63, 3.8) is 0 Å². The highest BCUT2D eigenvalue weighted by Crippen LogP contribution is 2.43. The molecule has 0 saturated carbocycles. The van der Waals surface area contributed by atoms with Crippen LogP contribution in [0, 0.1) is 11.3 Å². The molecule has 7 N–H and O–H groups in total. The highest BCUT2D eigenvalue weighted by atomic mass is 16.7. The Labute approximate surface area is 216 Å². The Morgan fingerprint density at radius 1 is 0.919 bits per heavy atom. The van der Waals surface area contributed by atoms with Gasteiger partial charge in [-0.25, -0.2) is 0 Å². The van der Waals surface area contributed by atoms with E-state index in [4.69, 9.17) is 18.9 Å². The maximum absolute atomic E-state index is 12.0. The molecule has 2 heterocycles. The molecule has 37 heavy (non-hydrogen) atoms. The molecular formula is C25H42O12. The van der Waals surface area contributed by atoms with E-state index in [-0.39, 0.29) is 18.3 Å². The summed E-state index contributed by atoms with van der Waals surface area (Å²) in [6, 6.07) is 0. The average Bonchev–Trinajstić information content (AvgIpc) is 2.83. The fourth-order valence-corrected chi connectivity index (χ4v) is 5.35. The van der Waals surface area contributed by atoms with Crippen LogP contribution < -0.4 is 0 Å². The summed E-state index contributed by atoms with van der Waals surface area (Å²) < 4.78 is 22.4. The van der Waals surface area contributed by atoms with E-state index < -0.39 is 79.0 Å². The van der Waals surface area contributed by atoms with Gasteiger partial charge in [-0.1, -0.05) is 19.4 Å². The molecule has 0 radical (unpaired) electrons. The van der Waals surface area contributed by atoms with Gasteiger partial charge in [0.1, 0.15) is 48.8 Å². The standard InChI is InChI=1S/C25H42O12/c1-10-8-14(26)22(33)25(4,5)13(10)7-6-11(2)35-24-21(32)19(30)17(28)15(37-24)9-34-23-20(31)18(29)16(27)12(3)36-23/h8,11-13,15-24,27-33H,6-7,9H2,1-5H3/t11?,12-,13-,15+,16-,17+,18+,19-,20+,21+,22+,23+,24+/m0/s1. The van der Waals surface area contributed by atoms with Crippen molar-refractivity contribution in [1.29, 1.82) is 0 Å². The van der Waals surface area contributed by atoms with Crippen LogP contribution in [-0.4, -0.2) is 122 Å². The highest BCUT2D eigenvalue weighted by Gasteiger charge is 2.48. The number of ether oxygens (including phenoxy) is 4. The van der Waals surface area contributed by atoms with E-state index in [1.54, 1.807) is 6.92 Å². The molecule has 2 fully saturated rings. The van der Waals surface area contributed by atoms with Gasteiger partial charge in [-0.2, -0.15) is 0 Å². The van der Waals surface area contributed by atoms with Crippen molar-refractivity contribution in [3.8, 4) is 0 Å². The third kappa shape index (κ3) is 6.42. The first-order valence-corrected chi connectivity index (χ1v) is 12.7. The summed E-state index contributed by atoms with van der Waals surface area (Å²) in [6.45, 7) is 8.42. The lowest BCUT2D eigenvalue weighted by atomic mass is 9.65. The molecule has 1 unspecified atom stereocenters. The summed E-state index contributed by atoms with van der Waals surface area (Å²) in [5.74, 6) is -0.385. The Bertz CT molecular complexity index is 817. The van der Waals surface area contributed by atoms with Gasteiger partial charge in [0.25, 0.3) is 0 Å². The molecular weight excluding hydrogens is 492 g/mol. The molecule has 1 aliphatic carbocycles. The van der Waals surface area contributed by atoms with Gasteiger partial charge < -0.3 is 54.7 Å². The third-order valence-corrected chi connectivity index (χ3v) is 7.92. The Morgan fingerprint density at radius 2 is 1.51 bits per heavy atom. The number of aliphatic hydroxyl groups is 7. The first kappa shape index (κ1) is 30.5. The molecule has 0 spiro atoms. The van der Waals surface area contributed by atoms with E-state index in [0.29, 0.717) is 12.8 Å². The van der Waals surface area contributed by atoms with Gasteiger partial charge in [0.05, 0.1) is 18.8 Å². The molecule has 12 heteroatoms. The van der Waals surface area contributed by atoms with Crippen molar-refractivity contribution >= 4 is 5.78 Å². The second kappa shape index (κ2) is 12.0. The summed E-state index contributed by atoms with van der Waals surface area (Å²) in [5, 5.41) is 71.4. The van der Waals surface area contributed by atoms with E-state index in [1.807, 2.05) is 20.8 Å². The number of carbonyl (C=O) groups is 1. The Balaban J connectivity index is 1.57. The second-order valence-corrected chi connectivity index (χ2v) is 11.1. The number of carbonyl (C=O) groups excluding carboxylic acids is 1. The summed E-state index contributed by atoms with van der Waals surface area (Å²) in [4.78, 5) is 12.0. The third-order valence-electron chi connectivity index (χ3n) is 7.92. The van der Waals surface area contributed by atoms with E-state index in [0.717, 1.165) is 5.57 Å². The van der Waals surface area contributed by atoms with Gasteiger partial charge in [0.15, 0.2) is 18.4 Å². The van der Waals surface area contributed by atoms with Crippen LogP contribution in [0.15, 0.2) is 11.6 Å². The lowest BCUT2D eigenvalue weighted by Crippen LogP contribution is -2.61. The van der Waals surface area contributed by atoms with Crippen LogP contribution in [0.25, 0.3) is 0 Å². The number of ketones is 1. The number of hydrogen-bond donors (Lipinski definition) is 7. The summed E-state index contributed by atoms with van der Waals surface area (Å²) in [5.41, 5.74) is 0.211. The van der Waals surface area contributed by atoms with Crippen molar-refractivity contribution < 1.29 is 59.5 Å². The second-order valence-electron chi connectivity index (χ2n) is 11.1. The predicted molar refractivity (Wildman–Crippen MR) is 127 cm³/mol. The molecule has 3 aliphatic rings. The normalized spacial score (nSPS) is 45.4. The van der Waals surface area contributed by atoms with Crippen molar-refractivity contribution in [2.24, 2.45) is 11.3 Å². The molecule has 214 valence electrons. The zero-order chi connectivity index (χ0) is 27.8. The molecule has 0 aromatic heterocycles. The fourth-order valence-electron chi connectivity index (χ4n) is 5.35. The van der Waals surface area contributed by atoms with Crippen LogP contribution in [0.2, 0.25) is 0 Å². The number of aliphatic hydroxyl groups excluding tert-OH is 7. The summed E-state index contributed by atoms with van der Waals surface area (Å²) in [7, 11) is 0. The minimum absolute atomic E-state index is 0.0739. The van der Waals surface area contributed by atoms with Gasteiger partial charge in [-0.15, -0.1) is 0 Å². The topological polar surface area (TPSA) is 196 Å². The predicted octanol–water partition coefficient (Wildman–Crippen LogP) is -1.64. The van der Waals surface area contributed by atoms with Gasteiger partial charge in [0, 0.05) is 5.41 Å². The quantitative estimate of drug-likeness (QED) is 0.188. The first-order chi connectivity index (χ1) is 17.2. The molecule has 12 nitrogen and oxygen atoms in total. The van der Waals surface area contributed by atoms with Crippen molar-refractivity contribution in [2.45, 2.75) is 121 Å². The smallest absolute Gasteiger partial charge is 0.186 e. The van der Waals surface area contributed by atoms with Crippen LogP contribution in [0.3, 0.4) is 0 Å². The van der Waals surface area contributed by atoms with Crippen molar-refractivity contribution in [1.82, 2.24) is 0 Å². The van der Waals surface area contributed by atoms with E-state index >= 15 is 0 Å². The zero-order valence-corrected chi connectivity index (χ0v) is 21.9. The van der Waals surface area contributed by atoms with Crippen LogP contribution in [-0.2, 0) is 23.7 Å². The van der Waals surface area contributed by atoms with Crippen LogP contribution in [0.1, 0.15) is 47.5 Å². The molecule has 13 atom stereocenters. The van der Waals surface area contributed by atoms with Crippen molar-refractivity contribution in [3.05, 3.63) is 11.6 Å². The molecule has 2 aliphatic heterocycles. The molecule has 0 aromatic carbocycles. The van der Waals surface area contributed by atoms with E-state index in [1.165, 1.54) is 13.0 Å². The Kier molecular flexibility index (Phi) is 9.90. The summed E-state index contributed by atoms with van der Waals surface area (Å²) >= 11 is 0. The fraction of sp³-hybridized carbons (Fsp3) is 0.880. The molecule has 0 aromatic rings. The van der Waals surface area contributed by atoms with Crippen LogP contribution in [0.5, 0.6) is 0 Å². The SMILES string of the molecule is CC1=CC(=O)[C@@H](O)C(C)(C)[C@H]1CCC(C)O[C@@H]1O[C@H](CO[C@@H]2O[C@@H](C)[C@H](O)[C@@H](O)[C@H]2O)[C@@H](O)[C@H](O)[C@H]1O. The lowest BCUT2D eigenvalue weighted by molar-refractivity contribution is -0.332. The largest absolute Gasteiger partial charge is 0.388 e. The van der Waals surface area contributed by atoms with Crippen molar-refractivity contribution in [2.75, 3.05) is 6.61 Å². The highest BCUT2D eigenvalue weighted by molar-refractivity contribution is 5.95. The van der Waals surface area contributed by atoms with Gasteiger partial charge >= 0.3 is 0 Å². The Hall–Kier alpha value is -1.03. The Morgan fingerprint density at radius 3 is 2.16 bits per heavy atom. The minimum Gasteiger partial charge on any atom is -0.388 e. The van der Waals surface area contributed by atoms with Gasteiger partial charge in [-0.3, -0.25) is 4.79 Å². The molecule has 2 saturated heterocycles. The van der Waals surface area contributed by atoms with Crippen LogP contribution in [0.4, 0.5) is 0 Å². The van der Waals surface area contributed by atoms with Gasteiger partial charge in [-0.05, 0) is 45.6 Å². The number of hydrogen-bond acceptors (Lipinski definition) is 12. The average molecular weight is 535 g/mol. The van der Waals surface area contributed by atoms with Gasteiger partial charge in [0.2, 0.25) is 0 Å². The first-order valence-electron chi connectivity index (χ1n) is 12.7. The maximum atomic E-state index is 12.0. The molecule has 0 amide bonds. The maximum Gasteiger partial charge on any atom is 0.186 e. The van der Waals surface area contributed by atoms with E-state index in [9.17, 15) is 40.5 Å². The van der Waals surface area contributed by atoms with E-state index in [2.05, 4.69) is 0 Å². The molecule has 3 rings (SSSR count). The summed E-state index contributed by atoms with van der Waals surface area (Å²) in [6.07, 6.45) is -12.6. The lowest BCUT2D eigenvalue weighted by Gasteiger charge is -2.43. The molecule has 0 bridgehead atoms. The zero-order valence-electron chi connectivity index (χ0n) is 21.9. The number of rotatable bonds is 8. The minimum atomic E-state index is -1.60. The van der Waals surface area contributed by atoms with Crippen LogP contribution >= 0.6 is 0 Å². The monoisotopic (exact) mass is 534 g/mol.